The molecule has 1 rings (SSSR count). The molecule has 0 saturated carbocycles. The summed E-state index contributed by atoms with van der Waals surface area (Å²) in [5.74, 6) is -1.86. The first-order valence-electron chi connectivity index (χ1n) is 5.34. The molecular formula is C10H13N5O4. The maximum absolute atomic E-state index is 11.5. The molecule has 0 aromatic carbocycles. The number of nitrogens with zero attached hydrogens (tertiary/aromatic N) is 2. The van der Waals surface area contributed by atoms with Gasteiger partial charge in [-0.15, -0.1) is 0 Å². The molecule has 0 aliphatic rings. The van der Waals surface area contributed by atoms with Gasteiger partial charge < -0.3 is 16.2 Å². The molecule has 19 heavy (non-hydrogen) atoms. The molecular weight excluding hydrogens is 254 g/mol. The van der Waals surface area contributed by atoms with Crippen molar-refractivity contribution >= 4 is 23.9 Å². The number of hydrogen-bond donors (Lipinski definition) is 4. The van der Waals surface area contributed by atoms with Crippen LogP contribution in [0.4, 0.5) is 10.7 Å². The standard InChI is InChI=1S/C10H13N5O4/c11-7(16)3-2-6(8(17)18)14-10(19)15-9-12-4-1-5-13-9/h1,4-6H,2-3H2,(H2,11,16)(H,17,18)(H2,12,13,14,15,19)/t6-/m1/s1. The van der Waals surface area contributed by atoms with Gasteiger partial charge in [0.05, 0.1) is 0 Å². The number of carbonyl (C=O) groups excluding carboxylic acids is 2. The Hall–Kier alpha value is -2.71. The van der Waals surface area contributed by atoms with Gasteiger partial charge in [-0.25, -0.2) is 19.6 Å². The normalized spacial score (nSPS) is 11.4. The fourth-order valence-corrected chi connectivity index (χ4v) is 1.20. The number of carbonyl (C=O) groups is 3. The molecule has 0 saturated heterocycles. The third-order valence-electron chi connectivity index (χ3n) is 2.07. The van der Waals surface area contributed by atoms with Crippen molar-refractivity contribution in [1.82, 2.24) is 15.3 Å². The van der Waals surface area contributed by atoms with E-state index < -0.39 is 23.9 Å². The molecule has 0 radical (unpaired) electrons. The highest BCUT2D eigenvalue weighted by Crippen LogP contribution is 1.99. The Morgan fingerprint density at radius 3 is 2.47 bits per heavy atom. The van der Waals surface area contributed by atoms with Crippen molar-refractivity contribution in [3.8, 4) is 0 Å². The number of nitrogens with one attached hydrogen (secondary N) is 2. The van der Waals surface area contributed by atoms with E-state index in [1.165, 1.54) is 12.4 Å². The second kappa shape index (κ2) is 6.89. The van der Waals surface area contributed by atoms with Crippen molar-refractivity contribution in [2.75, 3.05) is 5.32 Å². The summed E-state index contributed by atoms with van der Waals surface area (Å²) in [6.07, 6.45) is 2.61. The molecule has 1 heterocycles. The molecule has 3 amide bonds. The predicted molar refractivity (Wildman–Crippen MR) is 64.0 cm³/mol. The average molecular weight is 267 g/mol. The maximum atomic E-state index is 11.5. The molecule has 0 aliphatic heterocycles. The van der Waals surface area contributed by atoms with E-state index in [-0.39, 0.29) is 18.8 Å². The lowest BCUT2D eigenvalue weighted by Gasteiger charge is -2.13. The molecule has 5 N–H and O–H groups in total. The lowest BCUT2D eigenvalue weighted by atomic mass is 10.1. The lowest BCUT2D eigenvalue weighted by molar-refractivity contribution is -0.139. The van der Waals surface area contributed by atoms with Crippen LogP contribution in [0.1, 0.15) is 12.8 Å². The molecule has 9 nitrogen and oxygen atoms in total. The van der Waals surface area contributed by atoms with Crippen LogP contribution in [0.15, 0.2) is 18.5 Å². The summed E-state index contributed by atoms with van der Waals surface area (Å²) < 4.78 is 0. The largest absolute Gasteiger partial charge is 0.480 e. The Morgan fingerprint density at radius 2 is 1.95 bits per heavy atom. The van der Waals surface area contributed by atoms with Gasteiger partial charge in [-0.2, -0.15) is 0 Å². The molecule has 102 valence electrons. The monoisotopic (exact) mass is 267 g/mol. The van der Waals surface area contributed by atoms with Crippen molar-refractivity contribution < 1.29 is 19.5 Å². The molecule has 1 aromatic rings. The number of anilines is 1. The van der Waals surface area contributed by atoms with Crippen LogP contribution in [0.25, 0.3) is 0 Å². The quantitative estimate of drug-likeness (QED) is 0.536. The van der Waals surface area contributed by atoms with Crippen LogP contribution < -0.4 is 16.4 Å². The number of primary amides is 1. The number of aromatic nitrogens is 2. The molecule has 0 bridgehead atoms. The van der Waals surface area contributed by atoms with Gasteiger partial charge in [0.1, 0.15) is 6.04 Å². The van der Waals surface area contributed by atoms with Crippen LogP contribution in [0.2, 0.25) is 0 Å². The second-order valence-corrected chi connectivity index (χ2v) is 3.57. The van der Waals surface area contributed by atoms with E-state index in [1.807, 2.05) is 0 Å². The fraction of sp³-hybridized carbons (Fsp3) is 0.300. The zero-order valence-electron chi connectivity index (χ0n) is 9.87. The number of nitrogens with two attached hydrogens (primary N) is 1. The van der Waals surface area contributed by atoms with Gasteiger partial charge in [-0.3, -0.25) is 10.1 Å². The van der Waals surface area contributed by atoms with Crippen molar-refractivity contribution in [3.05, 3.63) is 18.5 Å². The Kier molecular flexibility index (Phi) is 5.20. The zero-order valence-corrected chi connectivity index (χ0v) is 9.87. The molecule has 1 aromatic heterocycles. The third-order valence-corrected chi connectivity index (χ3v) is 2.07. The molecule has 0 spiro atoms. The van der Waals surface area contributed by atoms with Crippen molar-refractivity contribution in [1.29, 1.82) is 0 Å². The van der Waals surface area contributed by atoms with Crippen molar-refractivity contribution in [2.24, 2.45) is 5.73 Å². The number of aliphatic carboxylic acids is 1. The van der Waals surface area contributed by atoms with E-state index in [0.717, 1.165) is 0 Å². The van der Waals surface area contributed by atoms with Gasteiger partial charge in [0.2, 0.25) is 11.9 Å². The number of hydrogen-bond acceptors (Lipinski definition) is 5. The number of amides is 3. The third kappa shape index (κ3) is 5.44. The first-order chi connectivity index (χ1) is 8.99. The van der Waals surface area contributed by atoms with Crippen LogP contribution in [-0.4, -0.2) is 39.0 Å². The first kappa shape index (κ1) is 14.4. The summed E-state index contributed by atoms with van der Waals surface area (Å²) in [5, 5.41) is 13.3. The molecule has 0 aliphatic carbocycles. The number of rotatable bonds is 6. The summed E-state index contributed by atoms with van der Waals surface area (Å²) in [6.45, 7) is 0. The maximum Gasteiger partial charge on any atom is 0.326 e. The van der Waals surface area contributed by atoms with E-state index in [1.54, 1.807) is 6.07 Å². The summed E-state index contributed by atoms with van der Waals surface area (Å²) in [7, 11) is 0. The Morgan fingerprint density at radius 1 is 1.32 bits per heavy atom. The van der Waals surface area contributed by atoms with E-state index in [0.29, 0.717) is 0 Å². The van der Waals surface area contributed by atoms with Crippen LogP contribution in [0, 0.1) is 0 Å². The molecule has 9 heteroatoms. The van der Waals surface area contributed by atoms with Crippen LogP contribution in [0.5, 0.6) is 0 Å². The van der Waals surface area contributed by atoms with E-state index >= 15 is 0 Å². The minimum Gasteiger partial charge on any atom is -0.480 e. The van der Waals surface area contributed by atoms with Gasteiger partial charge in [0, 0.05) is 18.8 Å². The van der Waals surface area contributed by atoms with Crippen molar-refractivity contribution in [2.45, 2.75) is 18.9 Å². The fourth-order valence-electron chi connectivity index (χ4n) is 1.20. The van der Waals surface area contributed by atoms with Crippen molar-refractivity contribution in [3.63, 3.8) is 0 Å². The average Bonchev–Trinajstić information content (AvgIpc) is 2.35. The Balaban J connectivity index is 2.52. The van der Waals surface area contributed by atoms with E-state index in [2.05, 4.69) is 20.6 Å². The number of urea groups is 1. The van der Waals surface area contributed by atoms with Gasteiger partial charge in [0.25, 0.3) is 0 Å². The van der Waals surface area contributed by atoms with E-state index in [9.17, 15) is 14.4 Å². The van der Waals surface area contributed by atoms with Crippen LogP contribution in [-0.2, 0) is 9.59 Å². The highest BCUT2D eigenvalue weighted by atomic mass is 16.4. The molecule has 1 atom stereocenters. The predicted octanol–water partition coefficient (Wildman–Crippen LogP) is -0.683. The first-order valence-corrected chi connectivity index (χ1v) is 5.34. The smallest absolute Gasteiger partial charge is 0.326 e. The molecule has 0 fully saturated rings. The lowest BCUT2D eigenvalue weighted by Crippen LogP contribution is -2.43. The van der Waals surface area contributed by atoms with Gasteiger partial charge in [-0.05, 0) is 12.5 Å². The highest BCUT2D eigenvalue weighted by Gasteiger charge is 2.20. The highest BCUT2D eigenvalue weighted by molar-refractivity contribution is 5.91. The SMILES string of the molecule is NC(=O)CC[C@@H](NC(=O)Nc1ncccn1)C(=O)O. The van der Waals surface area contributed by atoms with Crippen LogP contribution in [0.3, 0.4) is 0 Å². The zero-order chi connectivity index (χ0) is 14.3. The van der Waals surface area contributed by atoms with E-state index in [4.69, 9.17) is 10.8 Å². The summed E-state index contributed by atoms with van der Waals surface area (Å²) in [4.78, 5) is 40.4. The minimum absolute atomic E-state index is 0.0408. The molecule has 0 unspecified atom stereocenters. The van der Waals surface area contributed by atoms with Crippen LogP contribution >= 0.6 is 0 Å². The Bertz CT molecular complexity index is 464. The summed E-state index contributed by atoms with van der Waals surface area (Å²) in [5.41, 5.74) is 4.92. The summed E-state index contributed by atoms with van der Waals surface area (Å²) >= 11 is 0. The second-order valence-electron chi connectivity index (χ2n) is 3.57. The topological polar surface area (TPSA) is 147 Å². The minimum atomic E-state index is -1.26. The summed E-state index contributed by atoms with van der Waals surface area (Å²) in [6, 6.07) is -0.421. The van der Waals surface area contributed by atoms with Gasteiger partial charge >= 0.3 is 12.0 Å². The Labute approximate surface area is 108 Å². The van der Waals surface area contributed by atoms with Gasteiger partial charge in [-0.1, -0.05) is 0 Å². The number of carboxylic acids is 1. The van der Waals surface area contributed by atoms with Gasteiger partial charge in [0.15, 0.2) is 0 Å². The number of carboxylic acid groups (broad SMARTS) is 1.